The van der Waals surface area contributed by atoms with Gasteiger partial charge in [-0.3, -0.25) is 9.20 Å². The van der Waals surface area contributed by atoms with Crippen molar-refractivity contribution in [1.29, 1.82) is 0 Å². The minimum atomic E-state index is -0.145. The molecule has 3 aromatic heterocycles. The summed E-state index contributed by atoms with van der Waals surface area (Å²) in [5.41, 5.74) is 1.09. The summed E-state index contributed by atoms with van der Waals surface area (Å²) in [5, 5.41) is 3.15. The Bertz CT molecular complexity index is 844. The summed E-state index contributed by atoms with van der Waals surface area (Å²) in [5.74, 6) is 0.384. The third-order valence-corrected chi connectivity index (χ3v) is 4.10. The summed E-state index contributed by atoms with van der Waals surface area (Å²) in [6.07, 6.45) is 8.87. The first-order chi connectivity index (χ1) is 11.4. The molecule has 1 N–H and O–H groups in total. The predicted octanol–water partition coefficient (Wildman–Crippen LogP) is 2.08. The number of amides is 1. The lowest BCUT2D eigenvalue weighted by atomic mass is 9.86. The van der Waals surface area contributed by atoms with Crippen LogP contribution in [0.15, 0.2) is 37.2 Å². The van der Waals surface area contributed by atoms with Crippen molar-refractivity contribution in [2.45, 2.75) is 40.3 Å². The lowest BCUT2D eigenvalue weighted by Crippen LogP contribution is -2.46. The van der Waals surface area contributed by atoms with Crippen molar-refractivity contribution >= 4 is 11.7 Å². The first kappa shape index (κ1) is 16.2. The molecule has 24 heavy (non-hydrogen) atoms. The Morgan fingerprint density at radius 1 is 1.29 bits per heavy atom. The zero-order chi connectivity index (χ0) is 17.3. The van der Waals surface area contributed by atoms with Crippen LogP contribution in [0.3, 0.4) is 0 Å². The van der Waals surface area contributed by atoms with Gasteiger partial charge in [0, 0.05) is 31.3 Å². The summed E-state index contributed by atoms with van der Waals surface area (Å²) in [4.78, 5) is 25.5. The average molecular weight is 326 g/mol. The van der Waals surface area contributed by atoms with Crippen molar-refractivity contribution in [3.8, 4) is 0 Å². The van der Waals surface area contributed by atoms with Gasteiger partial charge in [0.15, 0.2) is 0 Å². The van der Waals surface area contributed by atoms with Crippen LogP contribution in [0, 0.1) is 12.3 Å². The minimum Gasteiger partial charge on any atom is -0.346 e. The quantitative estimate of drug-likeness (QED) is 0.796. The monoisotopic (exact) mass is 326 g/mol. The third-order valence-electron chi connectivity index (χ3n) is 4.10. The number of hydrogen-bond donors (Lipinski definition) is 1. The van der Waals surface area contributed by atoms with E-state index in [1.54, 1.807) is 35.4 Å². The summed E-state index contributed by atoms with van der Waals surface area (Å²) in [7, 11) is 0. The molecule has 3 aromatic rings. The van der Waals surface area contributed by atoms with Crippen LogP contribution in [0.1, 0.15) is 37.0 Å². The number of carbonyl (C=O) groups excluding carboxylic acids is 1. The van der Waals surface area contributed by atoms with Crippen LogP contribution in [0.4, 0.5) is 0 Å². The highest BCUT2D eigenvalue weighted by Gasteiger charge is 2.28. The average Bonchev–Trinajstić information content (AvgIpc) is 3.11. The van der Waals surface area contributed by atoms with Crippen molar-refractivity contribution in [3.05, 3.63) is 48.6 Å². The Labute approximate surface area is 140 Å². The molecule has 0 saturated carbocycles. The second-order valence-corrected chi connectivity index (χ2v) is 6.99. The molecule has 7 heteroatoms. The van der Waals surface area contributed by atoms with E-state index in [1.165, 1.54) is 0 Å². The molecule has 126 valence electrons. The topological polar surface area (TPSA) is 77.1 Å². The molecule has 0 spiro atoms. The summed E-state index contributed by atoms with van der Waals surface area (Å²) >= 11 is 0. The van der Waals surface area contributed by atoms with Gasteiger partial charge < -0.3 is 9.88 Å². The highest BCUT2D eigenvalue weighted by atomic mass is 16.2. The van der Waals surface area contributed by atoms with E-state index in [9.17, 15) is 4.79 Å². The number of nitrogens with zero attached hydrogens (tertiary/aromatic N) is 5. The van der Waals surface area contributed by atoms with E-state index in [-0.39, 0.29) is 17.4 Å². The molecule has 1 amide bonds. The normalized spacial score (nSPS) is 13.2. The van der Waals surface area contributed by atoms with Gasteiger partial charge in [0.2, 0.25) is 5.78 Å². The highest BCUT2D eigenvalue weighted by Crippen LogP contribution is 2.22. The number of imidazole rings is 2. The van der Waals surface area contributed by atoms with Crippen molar-refractivity contribution in [2.24, 2.45) is 5.41 Å². The fourth-order valence-corrected chi connectivity index (χ4v) is 2.64. The lowest BCUT2D eigenvalue weighted by molar-refractivity contribution is 0.0886. The Hall–Kier alpha value is -2.70. The van der Waals surface area contributed by atoms with Gasteiger partial charge in [-0.2, -0.15) is 0 Å². The molecule has 1 atom stereocenters. The molecule has 0 saturated heterocycles. The van der Waals surface area contributed by atoms with Crippen LogP contribution in [0.2, 0.25) is 0 Å². The maximum Gasteiger partial charge on any atom is 0.270 e. The van der Waals surface area contributed by atoms with Gasteiger partial charge in [-0.15, -0.1) is 0 Å². The van der Waals surface area contributed by atoms with Crippen LogP contribution in [0.25, 0.3) is 5.78 Å². The lowest BCUT2D eigenvalue weighted by Gasteiger charge is -2.31. The zero-order valence-corrected chi connectivity index (χ0v) is 14.4. The number of carbonyl (C=O) groups is 1. The number of hydrogen-bond acceptors (Lipinski definition) is 4. The van der Waals surface area contributed by atoms with Gasteiger partial charge in [0.05, 0.1) is 18.1 Å². The second kappa shape index (κ2) is 6.07. The third kappa shape index (κ3) is 3.15. The minimum absolute atomic E-state index is 0.0548. The number of aromatic nitrogens is 5. The largest absolute Gasteiger partial charge is 0.346 e. The van der Waals surface area contributed by atoms with E-state index >= 15 is 0 Å². The summed E-state index contributed by atoms with van der Waals surface area (Å²) < 4.78 is 3.70. The van der Waals surface area contributed by atoms with Crippen molar-refractivity contribution in [2.75, 3.05) is 0 Å². The standard InChI is InChI=1S/C17H22N6O/c1-12-14(23-8-5-6-19-16(23)20-12)15(24)21-13(17(2,3)4)10-22-9-7-18-11-22/h5-9,11,13H,10H2,1-4H3,(H,21,24). The van der Waals surface area contributed by atoms with Crippen LogP contribution < -0.4 is 5.32 Å². The fraction of sp³-hybridized carbons (Fsp3) is 0.412. The number of fused-ring (bicyclic) bond motifs is 1. The van der Waals surface area contributed by atoms with E-state index in [1.807, 2.05) is 17.7 Å². The zero-order valence-electron chi connectivity index (χ0n) is 14.4. The number of nitrogens with one attached hydrogen (secondary N) is 1. The molecule has 3 rings (SSSR count). The molecular formula is C17H22N6O. The smallest absolute Gasteiger partial charge is 0.270 e. The SMILES string of the molecule is Cc1nc2ncccn2c1C(=O)NC(Cn1ccnc1)C(C)(C)C. The van der Waals surface area contributed by atoms with Gasteiger partial charge in [-0.1, -0.05) is 20.8 Å². The maximum atomic E-state index is 12.9. The summed E-state index contributed by atoms with van der Waals surface area (Å²) in [6, 6.07) is 1.73. The fourth-order valence-electron chi connectivity index (χ4n) is 2.64. The van der Waals surface area contributed by atoms with E-state index < -0.39 is 0 Å². The van der Waals surface area contributed by atoms with Gasteiger partial charge in [0.25, 0.3) is 5.91 Å². The molecule has 0 aliphatic heterocycles. The predicted molar refractivity (Wildman–Crippen MR) is 90.7 cm³/mol. The van der Waals surface area contributed by atoms with Gasteiger partial charge in [-0.05, 0) is 18.4 Å². The van der Waals surface area contributed by atoms with Gasteiger partial charge in [-0.25, -0.2) is 15.0 Å². The second-order valence-electron chi connectivity index (χ2n) is 6.99. The Kier molecular flexibility index (Phi) is 4.09. The molecule has 0 radical (unpaired) electrons. The number of rotatable bonds is 4. The van der Waals surface area contributed by atoms with Gasteiger partial charge in [0.1, 0.15) is 5.69 Å². The van der Waals surface area contributed by atoms with Crippen LogP contribution >= 0.6 is 0 Å². The molecular weight excluding hydrogens is 304 g/mol. The highest BCUT2D eigenvalue weighted by molar-refractivity contribution is 5.94. The van der Waals surface area contributed by atoms with Crippen LogP contribution in [-0.2, 0) is 6.54 Å². The molecule has 0 aliphatic rings. The van der Waals surface area contributed by atoms with E-state index in [4.69, 9.17) is 0 Å². The van der Waals surface area contributed by atoms with Crippen molar-refractivity contribution in [3.63, 3.8) is 0 Å². The number of aryl methyl sites for hydroxylation is 1. The molecule has 0 fully saturated rings. The Morgan fingerprint density at radius 3 is 2.75 bits per heavy atom. The van der Waals surface area contributed by atoms with E-state index in [0.29, 0.717) is 23.7 Å². The molecule has 7 nitrogen and oxygen atoms in total. The van der Waals surface area contributed by atoms with Crippen molar-refractivity contribution in [1.82, 2.24) is 29.2 Å². The molecule has 0 bridgehead atoms. The first-order valence-corrected chi connectivity index (χ1v) is 7.92. The van der Waals surface area contributed by atoms with Crippen LogP contribution in [-0.4, -0.2) is 35.9 Å². The molecule has 0 aliphatic carbocycles. The first-order valence-electron chi connectivity index (χ1n) is 7.92. The van der Waals surface area contributed by atoms with E-state index in [2.05, 4.69) is 41.0 Å². The maximum absolute atomic E-state index is 12.9. The van der Waals surface area contributed by atoms with Gasteiger partial charge >= 0.3 is 0 Å². The van der Waals surface area contributed by atoms with E-state index in [0.717, 1.165) is 0 Å². The molecule has 0 aromatic carbocycles. The van der Waals surface area contributed by atoms with Crippen LogP contribution in [0.5, 0.6) is 0 Å². The summed E-state index contributed by atoms with van der Waals surface area (Å²) in [6.45, 7) is 8.81. The molecule has 3 heterocycles. The molecule has 1 unspecified atom stereocenters. The Balaban J connectivity index is 1.88. The van der Waals surface area contributed by atoms with Crippen molar-refractivity contribution < 1.29 is 4.79 Å². The Morgan fingerprint density at radius 2 is 2.08 bits per heavy atom.